The van der Waals surface area contributed by atoms with Gasteiger partial charge in [0.1, 0.15) is 5.60 Å². The van der Waals surface area contributed by atoms with Crippen molar-refractivity contribution in [2.24, 2.45) is 5.73 Å². The first-order chi connectivity index (χ1) is 7.81. The van der Waals surface area contributed by atoms with Gasteiger partial charge in [-0.3, -0.25) is 0 Å². The van der Waals surface area contributed by atoms with Gasteiger partial charge in [0, 0.05) is 12.1 Å². The van der Waals surface area contributed by atoms with Crippen LogP contribution >= 0.6 is 0 Å². The predicted octanol–water partition coefficient (Wildman–Crippen LogP) is 2.56. The van der Waals surface area contributed by atoms with Crippen molar-refractivity contribution in [1.82, 2.24) is 5.32 Å². The molecule has 0 aromatic heterocycles. The molecule has 0 bridgehead atoms. The van der Waals surface area contributed by atoms with Gasteiger partial charge in [0.25, 0.3) is 0 Å². The highest BCUT2D eigenvalue weighted by Gasteiger charge is 2.27. The monoisotopic (exact) mass is 242 g/mol. The van der Waals surface area contributed by atoms with Crippen LogP contribution in [0.2, 0.25) is 0 Å². The first-order valence-electron chi connectivity index (χ1n) is 6.57. The molecule has 0 saturated heterocycles. The van der Waals surface area contributed by atoms with Crippen molar-refractivity contribution in [2.75, 3.05) is 6.54 Å². The summed E-state index contributed by atoms with van der Waals surface area (Å²) in [5.74, 6) is 0. The maximum atomic E-state index is 11.5. The van der Waals surface area contributed by atoms with E-state index in [0.29, 0.717) is 6.54 Å². The molecule has 0 heterocycles. The van der Waals surface area contributed by atoms with Gasteiger partial charge >= 0.3 is 6.09 Å². The van der Waals surface area contributed by atoms with Gasteiger partial charge < -0.3 is 15.8 Å². The summed E-state index contributed by atoms with van der Waals surface area (Å²) in [6.45, 7) is 6.09. The van der Waals surface area contributed by atoms with E-state index in [2.05, 4.69) is 5.32 Å². The molecule has 1 fully saturated rings. The van der Waals surface area contributed by atoms with E-state index in [1.54, 1.807) is 0 Å². The molecule has 1 aliphatic rings. The van der Waals surface area contributed by atoms with Crippen molar-refractivity contribution in [3.05, 3.63) is 0 Å². The number of hydrogen-bond acceptors (Lipinski definition) is 3. The highest BCUT2D eigenvalue weighted by Crippen LogP contribution is 2.24. The number of amides is 1. The summed E-state index contributed by atoms with van der Waals surface area (Å²) >= 11 is 0. The Morgan fingerprint density at radius 3 is 2.24 bits per heavy atom. The zero-order valence-electron chi connectivity index (χ0n) is 11.3. The van der Waals surface area contributed by atoms with E-state index in [4.69, 9.17) is 10.5 Å². The Morgan fingerprint density at radius 2 is 1.76 bits per heavy atom. The Kier molecular flexibility index (Phi) is 4.80. The van der Waals surface area contributed by atoms with Crippen LogP contribution in [0, 0.1) is 0 Å². The Hall–Kier alpha value is -0.770. The topological polar surface area (TPSA) is 64.3 Å². The molecule has 17 heavy (non-hydrogen) atoms. The summed E-state index contributed by atoms with van der Waals surface area (Å²) < 4.78 is 5.20. The van der Waals surface area contributed by atoms with E-state index in [1.807, 2.05) is 20.8 Å². The molecule has 100 valence electrons. The summed E-state index contributed by atoms with van der Waals surface area (Å²) in [7, 11) is 0. The van der Waals surface area contributed by atoms with Crippen LogP contribution in [-0.2, 0) is 4.74 Å². The molecule has 4 nitrogen and oxygen atoms in total. The van der Waals surface area contributed by atoms with Crippen molar-refractivity contribution >= 4 is 6.09 Å². The highest BCUT2D eigenvalue weighted by atomic mass is 16.6. The molecule has 0 radical (unpaired) electrons. The first kappa shape index (κ1) is 14.3. The van der Waals surface area contributed by atoms with E-state index >= 15 is 0 Å². The number of carbonyl (C=O) groups excluding carboxylic acids is 1. The number of nitrogens with one attached hydrogen (secondary N) is 1. The zero-order chi connectivity index (χ0) is 12.9. The van der Waals surface area contributed by atoms with Crippen LogP contribution in [0.3, 0.4) is 0 Å². The van der Waals surface area contributed by atoms with Crippen LogP contribution in [-0.4, -0.2) is 23.8 Å². The second-order valence-electron chi connectivity index (χ2n) is 6.13. The fourth-order valence-corrected chi connectivity index (χ4v) is 2.17. The quantitative estimate of drug-likeness (QED) is 0.731. The predicted molar refractivity (Wildman–Crippen MR) is 68.9 cm³/mol. The average molecular weight is 242 g/mol. The standard InChI is InChI=1S/C13H26N2O2/c1-12(2,3)17-11(16)15-10-13(14)8-6-4-5-7-9-13/h4-10,14H2,1-3H3,(H,15,16). The number of alkyl carbamates (subject to hydrolysis) is 1. The lowest BCUT2D eigenvalue weighted by Gasteiger charge is -2.29. The van der Waals surface area contributed by atoms with E-state index < -0.39 is 5.60 Å². The second kappa shape index (κ2) is 5.71. The van der Waals surface area contributed by atoms with Crippen LogP contribution < -0.4 is 11.1 Å². The smallest absolute Gasteiger partial charge is 0.407 e. The maximum Gasteiger partial charge on any atom is 0.407 e. The molecule has 4 heteroatoms. The average Bonchev–Trinajstić information content (AvgIpc) is 2.38. The van der Waals surface area contributed by atoms with E-state index in [-0.39, 0.29) is 11.6 Å². The summed E-state index contributed by atoms with van der Waals surface area (Å²) in [4.78, 5) is 11.5. The fourth-order valence-electron chi connectivity index (χ4n) is 2.17. The molecule has 3 N–H and O–H groups in total. The molecular weight excluding hydrogens is 216 g/mol. The van der Waals surface area contributed by atoms with Crippen molar-refractivity contribution in [3.8, 4) is 0 Å². The maximum absolute atomic E-state index is 11.5. The van der Waals surface area contributed by atoms with Crippen LogP contribution in [0.1, 0.15) is 59.3 Å². The summed E-state index contributed by atoms with van der Waals surface area (Å²) in [6, 6.07) is 0. The van der Waals surface area contributed by atoms with E-state index in [1.165, 1.54) is 12.8 Å². The Morgan fingerprint density at radius 1 is 1.24 bits per heavy atom. The van der Waals surface area contributed by atoms with Gasteiger partial charge in [-0.1, -0.05) is 25.7 Å². The van der Waals surface area contributed by atoms with Gasteiger partial charge in [-0.25, -0.2) is 4.79 Å². The van der Waals surface area contributed by atoms with Gasteiger partial charge in [0.05, 0.1) is 0 Å². The number of rotatable bonds is 2. The molecular formula is C13H26N2O2. The normalized spacial score (nSPS) is 20.5. The van der Waals surface area contributed by atoms with Crippen LogP contribution in [0.5, 0.6) is 0 Å². The van der Waals surface area contributed by atoms with Crippen molar-refractivity contribution in [2.45, 2.75) is 70.4 Å². The molecule has 0 spiro atoms. The molecule has 1 rings (SSSR count). The highest BCUT2D eigenvalue weighted by molar-refractivity contribution is 5.67. The minimum atomic E-state index is -0.449. The molecule has 0 aromatic carbocycles. The third-order valence-corrected chi connectivity index (χ3v) is 3.08. The minimum Gasteiger partial charge on any atom is -0.444 e. The van der Waals surface area contributed by atoms with Crippen LogP contribution in [0.15, 0.2) is 0 Å². The summed E-state index contributed by atoms with van der Waals surface area (Å²) in [5, 5.41) is 2.79. The number of hydrogen-bond donors (Lipinski definition) is 2. The van der Waals surface area contributed by atoms with E-state index in [0.717, 1.165) is 25.7 Å². The van der Waals surface area contributed by atoms with Gasteiger partial charge in [-0.2, -0.15) is 0 Å². The molecule has 0 aromatic rings. The lowest BCUT2D eigenvalue weighted by molar-refractivity contribution is 0.0512. The molecule has 0 unspecified atom stereocenters. The molecule has 0 aliphatic heterocycles. The minimum absolute atomic E-state index is 0.243. The van der Waals surface area contributed by atoms with E-state index in [9.17, 15) is 4.79 Å². The third-order valence-electron chi connectivity index (χ3n) is 3.08. The van der Waals surface area contributed by atoms with Gasteiger partial charge in [0.15, 0.2) is 0 Å². The number of carbonyl (C=O) groups is 1. The molecule has 0 atom stereocenters. The van der Waals surface area contributed by atoms with Crippen LogP contribution in [0.25, 0.3) is 0 Å². The largest absolute Gasteiger partial charge is 0.444 e. The number of nitrogens with two attached hydrogens (primary N) is 1. The zero-order valence-corrected chi connectivity index (χ0v) is 11.3. The first-order valence-corrected chi connectivity index (χ1v) is 6.57. The fraction of sp³-hybridized carbons (Fsp3) is 0.923. The molecule has 1 amide bonds. The summed E-state index contributed by atoms with van der Waals surface area (Å²) in [5.41, 5.74) is 5.61. The van der Waals surface area contributed by atoms with Gasteiger partial charge in [-0.15, -0.1) is 0 Å². The van der Waals surface area contributed by atoms with Crippen molar-refractivity contribution < 1.29 is 9.53 Å². The van der Waals surface area contributed by atoms with Gasteiger partial charge in [-0.05, 0) is 33.6 Å². The number of ether oxygens (including phenoxy) is 1. The molecule has 1 aliphatic carbocycles. The third kappa shape index (κ3) is 5.91. The Labute approximate surface area is 104 Å². The van der Waals surface area contributed by atoms with Gasteiger partial charge in [0.2, 0.25) is 0 Å². The van der Waals surface area contributed by atoms with Crippen molar-refractivity contribution in [1.29, 1.82) is 0 Å². The Bertz CT molecular complexity index is 251. The lowest BCUT2D eigenvalue weighted by Crippen LogP contribution is -2.50. The SMILES string of the molecule is CC(C)(C)OC(=O)NCC1(N)CCCCCC1. The lowest BCUT2D eigenvalue weighted by atomic mass is 9.91. The van der Waals surface area contributed by atoms with Crippen molar-refractivity contribution in [3.63, 3.8) is 0 Å². The Balaban J connectivity index is 2.35. The second-order valence-corrected chi connectivity index (χ2v) is 6.13. The molecule has 1 saturated carbocycles. The summed E-state index contributed by atoms with van der Waals surface area (Å²) in [6.07, 6.45) is 6.44. The van der Waals surface area contributed by atoms with Crippen LogP contribution in [0.4, 0.5) is 4.79 Å².